The Morgan fingerprint density at radius 1 is 1.12 bits per heavy atom. The molecule has 11 nitrogen and oxygen atoms in total. The molecule has 2 aromatic rings. The molecule has 0 atom stereocenters. The van der Waals surface area contributed by atoms with Gasteiger partial charge in [-0.2, -0.15) is 13.2 Å². The van der Waals surface area contributed by atoms with E-state index >= 15 is 0 Å². The SMILES string of the molecule is O=C(NCCCN1CCCC1=O)c1ccc(N2CCNCC2)c(NS(=O)(=O)c2cccs2)c1.O=C(O)C(F)(F)F. The van der Waals surface area contributed by atoms with Crippen LogP contribution in [-0.2, 0) is 19.6 Å². The maximum absolute atomic E-state index is 12.9. The first kappa shape index (κ1) is 31.2. The minimum atomic E-state index is -5.08. The molecule has 0 radical (unpaired) electrons. The molecule has 4 rings (SSSR count). The van der Waals surface area contributed by atoms with Crippen molar-refractivity contribution in [3.05, 3.63) is 41.3 Å². The number of piperazine rings is 1. The van der Waals surface area contributed by atoms with Gasteiger partial charge in [0.05, 0.1) is 11.4 Å². The number of thiophene rings is 1. The Kier molecular flexibility index (Phi) is 10.8. The van der Waals surface area contributed by atoms with Gasteiger partial charge in [0.25, 0.3) is 15.9 Å². The van der Waals surface area contributed by atoms with Gasteiger partial charge in [0.2, 0.25) is 5.91 Å². The molecule has 0 aliphatic carbocycles. The molecule has 2 aliphatic heterocycles. The molecule has 0 spiro atoms. The highest BCUT2D eigenvalue weighted by molar-refractivity contribution is 7.94. The highest BCUT2D eigenvalue weighted by Crippen LogP contribution is 2.31. The number of carbonyl (C=O) groups is 3. The summed E-state index contributed by atoms with van der Waals surface area (Å²) in [5, 5.41) is 15.0. The number of benzene rings is 1. The second-order valence-electron chi connectivity index (χ2n) is 8.90. The fraction of sp³-hybridized carbons (Fsp3) is 0.458. The smallest absolute Gasteiger partial charge is 0.475 e. The van der Waals surface area contributed by atoms with E-state index < -0.39 is 22.2 Å². The molecule has 2 saturated heterocycles. The lowest BCUT2D eigenvalue weighted by atomic mass is 10.1. The van der Waals surface area contributed by atoms with E-state index in [1.807, 2.05) is 4.90 Å². The summed E-state index contributed by atoms with van der Waals surface area (Å²) in [7, 11) is -3.75. The molecule has 3 heterocycles. The van der Waals surface area contributed by atoms with Crippen LogP contribution in [0.3, 0.4) is 0 Å². The zero-order valence-electron chi connectivity index (χ0n) is 21.4. The van der Waals surface area contributed by atoms with Crippen molar-refractivity contribution in [2.75, 3.05) is 55.4 Å². The Hall–Kier alpha value is -3.37. The van der Waals surface area contributed by atoms with Gasteiger partial charge < -0.3 is 25.5 Å². The summed E-state index contributed by atoms with van der Waals surface area (Å²) in [5.74, 6) is -2.86. The highest BCUT2D eigenvalue weighted by Gasteiger charge is 2.38. The summed E-state index contributed by atoms with van der Waals surface area (Å²) in [4.78, 5) is 37.3. The number of nitrogens with zero attached hydrogens (tertiary/aromatic N) is 2. The number of amides is 2. The second kappa shape index (κ2) is 13.8. The summed E-state index contributed by atoms with van der Waals surface area (Å²) in [6.45, 7) is 4.96. The number of nitrogens with one attached hydrogen (secondary N) is 3. The van der Waals surface area contributed by atoms with Gasteiger partial charge in [-0.1, -0.05) is 6.07 Å². The average molecular weight is 606 g/mol. The van der Waals surface area contributed by atoms with Crippen LogP contribution in [0.15, 0.2) is 39.9 Å². The Morgan fingerprint density at radius 3 is 2.40 bits per heavy atom. The number of anilines is 2. The average Bonchev–Trinajstić information content (AvgIpc) is 3.59. The Bertz CT molecular complexity index is 1280. The molecule has 2 fully saturated rings. The number of halogens is 3. The maximum Gasteiger partial charge on any atom is 0.490 e. The van der Waals surface area contributed by atoms with Gasteiger partial charge in [-0.3, -0.25) is 14.3 Å². The largest absolute Gasteiger partial charge is 0.490 e. The Balaban J connectivity index is 0.000000559. The molecule has 40 heavy (non-hydrogen) atoms. The molecule has 0 unspecified atom stereocenters. The molecule has 0 saturated carbocycles. The van der Waals surface area contributed by atoms with Crippen LogP contribution >= 0.6 is 11.3 Å². The van der Waals surface area contributed by atoms with Crippen molar-refractivity contribution >= 4 is 50.5 Å². The molecule has 1 aromatic heterocycles. The monoisotopic (exact) mass is 605 g/mol. The lowest BCUT2D eigenvalue weighted by Crippen LogP contribution is -2.43. The van der Waals surface area contributed by atoms with Gasteiger partial charge in [-0.05, 0) is 42.5 Å². The normalized spacial score (nSPS) is 15.8. The number of likely N-dealkylation sites (tertiary alicyclic amines) is 1. The lowest BCUT2D eigenvalue weighted by Gasteiger charge is -2.31. The summed E-state index contributed by atoms with van der Waals surface area (Å²) < 4.78 is 60.4. The number of sulfonamides is 1. The molecule has 1 aromatic carbocycles. The first-order chi connectivity index (χ1) is 18.9. The molecule has 4 N–H and O–H groups in total. The highest BCUT2D eigenvalue weighted by atomic mass is 32.2. The fourth-order valence-electron chi connectivity index (χ4n) is 4.07. The van der Waals surface area contributed by atoms with Crippen molar-refractivity contribution in [2.24, 2.45) is 0 Å². The summed E-state index contributed by atoms with van der Waals surface area (Å²) >= 11 is 1.14. The second-order valence-corrected chi connectivity index (χ2v) is 11.8. The predicted octanol–water partition coefficient (Wildman–Crippen LogP) is 2.33. The number of hydrogen-bond acceptors (Lipinski definition) is 8. The molecular formula is C24H30F3N5O6S2. The van der Waals surface area contributed by atoms with E-state index in [0.717, 1.165) is 56.2 Å². The number of alkyl halides is 3. The third kappa shape index (κ3) is 8.82. The number of carboxylic acid groups (broad SMARTS) is 1. The van der Waals surface area contributed by atoms with Crippen molar-refractivity contribution in [2.45, 2.75) is 29.6 Å². The molecular weight excluding hydrogens is 575 g/mol. The summed E-state index contributed by atoms with van der Waals surface area (Å²) in [5.41, 5.74) is 1.52. The van der Waals surface area contributed by atoms with Crippen LogP contribution in [0.1, 0.15) is 29.6 Å². The predicted molar refractivity (Wildman–Crippen MR) is 143 cm³/mol. The fourth-order valence-corrected chi connectivity index (χ4v) is 6.12. The van der Waals surface area contributed by atoms with Gasteiger partial charge in [-0.25, -0.2) is 13.2 Å². The first-order valence-electron chi connectivity index (χ1n) is 12.4. The van der Waals surface area contributed by atoms with Crippen LogP contribution in [0.25, 0.3) is 0 Å². The topological polar surface area (TPSA) is 148 Å². The van der Waals surface area contributed by atoms with Crippen LogP contribution < -0.4 is 20.3 Å². The van der Waals surface area contributed by atoms with Crippen LogP contribution in [0, 0.1) is 0 Å². The molecule has 2 aliphatic rings. The summed E-state index contributed by atoms with van der Waals surface area (Å²) in [6, 6.07) is 8.37. The third-order valence-electron chi connectivity index (χ3n) is 6.02. The van der Waals surface area contributed by atoms with Gasteiger partial charge in [-0.15, -0.1) is 11.3 Å². The van der Waals surface area contributed by atoms with E-state index in [2.05, 4.69) is 20.3 Å². The van der Waals surface area contributed by atoms with Crippen molar-refractivity contribution in [1.29, 1.82) is 0 Å². The first-order valence-corrected chi connectivity index (χ1v) is 14.8. The maximum atomic E-state index is 12.9. The van der Waals surface area contributed by atoms with E-state index in [4.69, 9.17) is 9.90 Å². The van der Waals surface area contributed by atoms with Crippen LogP contribution in [0.4, 0.5) is 24.5 Å². The zero-order chi connectivity index (χ0) is 29.3. The van der Waals surface area contributed by atoms with E-state index in [-0.39, 0.29) is 16.0 Å². The van der Waals surface area contributed by atoms with Crippen molar-refractivity contribution in [1.82, 2.24) is 15.5 Å². The van der Waals surface area contributed by atoms with Gasteiger partial charge >= 0.3 is 12.1 Å². The number of aliphatic carboxylic acids is 1. The molecule has 16 heteroatoms. The Morgan fingerprint density at radius 2 is 1.82 bits per heavy atom. The van der Waals surface area contributed by atoms with E-state index in [1.54, 1.807) is 35.7 Å². The van der Waals surface area contributed by atoms with Crippen LogP contribution in [0.2, 0.25) is 0 Å². The van der Waals surface area contributed by atoms with Gasteiger partial charge in [0, 0.05) is 57.8 Å². The van der Waals surface area contributed by atoms with Gasteiger partial charge in [0.15, 0.2) is 0 Å². The third-order valence-corrected chi connectivity index (χ3v) is 8.79. The van der Waals surface area contributed by atoms with E-state index in [1.165, 1.54) is 0 Å². The summed E-state index contributed by atoms with van der Waals surface area (Å²) in [6.07, 6.45) is -2.90. The lowest BCUT2D eigenvalue weighted by molar-refractivity contribution is -0.192. The van der Waals surface area contributed by atoms with E-state index in [9.17, 15) is 31.2 Å². The number of carboxylic acids is 1. The van der Waals surface area contributed by atoms with Crippen LogP contribution in [0.5, 0.6) is 0 Å². The molecule has 220 valence electrons. The Labute approximate surface area is 233 Å². The number of rotatable bonds is 9. The van der Waals surface area contributed by atoms with E-state index in [0.29, 0.717) is 37.2 Å². The standard InChI is InChI=1S/C22H29N5O4S2.C2HF3O2/c28-20-4-1-11-27(20)12-3-8-24-22(29)17-6-7-19(26-13-9-23-10-14-26)18(16-17)25-33(30,31)21-5-2-15-32-21;3-2(4,5)1(6)7/h2,5-7,15-16,23,25H,1,3-4,8-14H2,(H,24,29);(H,6,7). The number of hydrogen-bond donors (Lipinski definition) is 4. The number of carbonyl (C=O) groups excluding carboxylic acids is 2. The zero-order valence-corrected chi connectivity index (χ0v) is 23.0. The van der Waals surface area contributed by atoms with Crippen molar-refractivity contribution in [3.63, 3.8) is 0 Å². The quantitative estimate of drug-likeness (QED) is 0.319. The van der Waals surface area contributed by atoms with Crippen molar-refractivity contribution < 1.29 is 41.1 Å². The molecule has 0 bridgehead atoms. The minimum Gasteiger partial charge on any atom is -0.475 e. The van der Waals surface area contributed by atoms with Gasteiger partial charge in [0.1, 0.15) is 4.21 Å². The molecule has 2 amide bonds. The van der Waals surface area contributed by atoms with Crippen molar-refractivity contribution in [3.8, 4) is 0 Å². The van der Waals surface area contributed by atoms with Crippen LogP contribution in [-0.4, -0.2) is 88.2 Å². The minimum absolute atomic E-state index is 0.174.